The molecule has 80 valence electrons. The van der Waals surface area contributed by atoms with Gasteiger partial charge in [0.2, 0.25) is 0 Å². The summed E-state index contributed by atoms with van der Waals surface area (Å²) in [6, 6.07) is 5.89. The Morgan fingerprint density at radius 1 is 1.50 bits per heavy atom. The molecular formula is C12H8FNO2. The zero-order valence-electron chi connectivity index (χ0n) is 8.31. The lowest BCUT2D eigenvalue weighted by atomic mass is 10.0. The fourth-order valence-corrected chi connectivity index (χ4v) is 1.53. The average molecular weight is 217 g/mol. The highest BCUT2D eigenvalue weighted by atomic mass is 19.1. The molecule has 0 saturated carbocycles. The van der Waals surface area contributed by atoms with E-state index in [-0.39, 0.29) is 17.8 Å². The van der Waals surface area contributed by atoms with Crippen LogP contribution < -0.4 is 0 Å². The van der Waals surface area contributed by atoms with Gasteiger partial charge in [-0.1, -0.05) is 6.07 Å². The highest BCUT2D eigenvalue weighted by Gasteiger charge is 2.19. The molecule has 0 spiro atoms. The monoisotopic (exact) mass is 217 g/mol. The van der Waals surface area contributed by atoms with Crippen LogP contribution in [-0.2, 0) is 9.53 Å². The van der Waals surface area contributed by atoms with Crippen LogP contribution in [0.3, 0.4) is 0 Å². The molecule has 0 aromatic heterocycles. The molecule has 0 radical (unpaired) electrons. The molecule has 4 heteroatoms. The number of hydrogen-bond donors (Lipinski definition) is 0. The van der Waals surface area contributed by atoms with Crippen molar-refractivity contribution in [2.45, 2.75) is 12.5 Å². The van der Waals surface area contributed by atoms with Crippen molar-refractivity contribution in [2.75, 3.05) is 0 Å². The number of rotatable bonds is 1. The highest BCUT2D eigenvalue weighted by molar-refractivity contribution is 5.90. The standard InChI is InChI=1S/C12H8FNO2/c13-11-2-1-8(5-9(11)7-14)12-6-10(15)3-4-16-12/h1-5,12H,6H2. The molecule has 16 heavy (non-hydrogen) atoms. The number of hydrogen-bond acceptors (Lipinski definition) is 3. The molecule has 0 bridgehead atoms. The molecule has 0 saturated heterocycles. The summed E-state index contributed by atoms with van der Waals surface area (Å²) < 4.78 is 18.3. The molecule has 1 aliphatic heterocycles. The Balaban J connectivity index is 2.31. The van der Waals surface area contributed by atoms with Gasteiger partial charge in [0, 0.05) is 6.08 Å². The number of allylic oxidation sites excluding steroid dienone is 1. The lowest BCUT2D eigenvalue weighted by Gasteiger charge is -2.19. The van der Waals surface area contributed by atoms with Crippen molar-refractivity contribution >= 4 is 5.78 Å². The van der Waals surface area contributed by atoms with Gasteiger partial charge < -0.3 is 4.74 Å². The SMILES string of the molecule is N#Cc1cc(C2CC(=O)C=CO2)ccc1F. The third-order valence-corrected chi connectivity index (χ3v) is 2.37. The molecule has 1 aromatic rings. The number of carbonyl (C=O) groups is 1. The van der Waals surface area contributed by atoms with Crippen LogP contribution in [0.25, 0.3) is 0 Å². The maximum absolute atomic E-state index is 13.1. The predicted molar refractivity (Wildman–Crippen MR) is 53.7 cm³/mol. The van der Waals surface area contributed by atoms with E-state index in [0.717, 1.165) is 0 Å². The number of ketones is 1. The van der Waals surface area contributed by atoms with Crippen molar-refractivity contribution in [3.05, 3.63) is 47.5 Å². The molecule has 1 aliphatic rings. The lowest BCUT2D eigenvalue weighted by Crippen LogP contribution is -2.11. The van der Waals surface area contributed by atoms with Gasteiger partial charge >= 0.3 is 0 Å². The Morgan fingerprint density at radius 2 is 2.31 bits per heavy atom. The number of carbonyl (C=O) groups excluding carboxylic acids is 1. The van der Waals surface area contributed by atoms with Gasteiger partial charge in [-0.3, -0.25) is 4.79 Å². The normalized spacial score (nSPS) is 19.0. The van der Waals surface area contributed by atoms with E-state index in [1.807, 2.05) is 0 Å². The van der Waals surface area contributed by atoms with Crippen LogP contribution in [0.1, 0.15) is 23.7 Å². The molecule has 1 heterocycles. The van der Waals surface area contributed by atoms with E-state index < -0.39 is 11.9 Å². The van der Waals surface area contributed by atoms with E-state index in [1.54, 1.807) is 6.07 Å². The lowest BCUT2D eigenvalue weighted by molar-refractivity contribution is -0.118. The molecule has 0 fully saturated rings. The zero-order chi connectivity index (χ0) is 11.5. The first-order valence-electron chi connectivity index (χ1n) is 4.75. The topological polar surface area (TPSA) is 50.1 Å². The summed E-state index contributed by atoms with van der Waals surface area (Å²) in [6.07, 6.45) is 2.47. The first-order chi connectivity index (χ1) is 7.70. The van der Waals surface area contributed by atoms with E-state index in [0.29, 0.717) is 5.56 Å². The third-order valence-electron chi connectivity index (χ3n) is 2.37. The quantitative estimate of drug-likeness (QED) is 0.724. The molecule has 0 amide bonds. The maximum Gasteiger partial charge on any atom is 0.162 e. The van der Waals surface area contributed by atoms with Crippen molar-refractivity contribution in [1.29, 1.82) is 5.26 Å². The Labute approximate surface area is 91.8 Å². The van der Waals surface area contributed by atoms with Crippen molar-refractivity contribution in [3.8, 4) is 6.07 Å². The van der Waals surface area contributed by atoms with Gasteiger partial charge in [0.05, 0.1) is 18.2 Å². The van der Waals surface area contributed by atoms with E-state index in [9.17, 15) is 9.18 Å². The summed E-state index contributed by atoms with van der Waals surface area (Å²) in [6.45, 7) is 0. The van der Waals surface area contributed by atoms with E-state index >= 15 is 0 Å². The highest BCUT2D eigenvalue weighted by Crippen LogP contribution is 2.26. The number of halogens is 1. The van der Waals surface area contributed by atoms with Gasteiger partial charge in [-0.05, 0) is 17.7 Å². The summed E-state index contributed by atoms with van der Waals surface area (Å²) in [7, 11) is 0. The number of nitrogens with zero attached hydrogens (tertiary/aromatic N) is 1. The fourth-order valence-electron chi connectivity index (χ4n) is 1.53. The molecule has 2 rings (SSSR count). The Hall–Kier alpha value is -2.15. The number of benzene rings is 1. The third kappa shape index (κ3) is 1.94. The smallest absolute Gasteiger partial charge is 0.162 e. The second-order valence-electron chi connectivity index (χ2n) is 3.45. The second kappa shape index (κ2) is 4.15. The Morgan fingerprint density at radius 3 is 3.00 bits per heavy atom. The van der Waals surface area contributed by atoms with Gasteiger partial charge in [0.15, 0.2) is 5.78 Å². The molecule has 1 aromatic carbocycles. The van der Waals surface area contributed by atoms with Crippen LogP contribution in [0.2, 0.25) is 0 Å². The van der Waals surface area contributed by atoms with Gasteiger partial charge in [-0.15, -0.1) is 0 Å². The van der Waals surface area contributed by atoms with Crippen molar-refractivity contribution in [1.82, 2.24) is 0 Å². The van der Waals surface area contributed by atoms with Crippen molar-refractivity contribution in [2.24, 2.45) is 0 Å². The van der Waals surface area contributed by atoms with E-state index in [1.165, 1.54) is 30.5 Å². The van der Waals surface area contributed by atoms with Gasteiger partial charge in [0.25, 0.3) is 0 Å². The number of ether oxygens (including phenoxy) is 1. The van der Waals surface area contributed by atoms with Gasteiger partial charge in [-0.25, -0.2) is 4.39 Å². The summed E-state index contributed by atoms with van der Waals surface area (Å²) >= 11 is 0. The minimum absolute atomic E-state index is 0.0388. The second-order valence-corrected chi connectivity index (χ2v) is 3.45. The molecule has 0 N–H and O–H groups in total. The average Bonchev–Trinajstić information content (AvgIpc) is 2.29. The Bertz CT molecular complexity index is 502. The molecule has 1 atom stereocenters. The van der Waals surface area contributed by atoms with Crippen LogP contribution in [0.15, 0.2) is 30.5 Å². The summed E-state index contributed by atoms with van der Waals surface area (Å²) in [4.78, 5) is 11.2. The Kier molecular flexibility index (Phi) is 2.69. The predicted octanol–water partition coefficient (Wildman–Crippen LogP) is 2.24. The van der Waals surface area contributed by atoms with Gasteiger partial charge in [-0.2, -0.15) is 5.26 Å². The van der Waals surface area contributed by atoms with Crippen molar-refractivity contribution < 1.29 is 13.9 Å². The molecule has 3 nitrogen and oxygen atoms in total. The minimum Gasteiger partial charge on any atom is -0.493 e. The zero-order valence-corrected chi connectivity index (χ0v) is 8.31. The summed E-state index contributed by atoms with van der Waals surface area (Å²) in [5, 5.41) is 8.68. The van der Waals surface area contributed by atoms with Crippen LogP contribution >= 0.6 is 0 Å². The maximum atomic E-state index is 13.1. The first-order valence-corrected chi connectivity index (χ1v) is 4.75. The minimum atomic E-state index is -0.566. The molecular weight excluding hydrogens is 209 g/mol. The van der Waals surface area contributed by atoms with Crippen molar-refractivity contribution in [3.63, 3.8) is 0 Å². The first kappa shape index (κ1) is 10.4. The fraction of sp³-hybridized carbons (Fsp3) is 0.167. The van der Waals surface area contributed by atoms with Crippen LogP contribution in [0, 0.1) is 17.1 Å². The van der Waals surface area contributed by atoms with Crippen LogP contribution in [0.4, 0.5) is 4.39 Å². The molecule has 0 aliphatic carbocycles. The summed E-state index contributed by atoms with van der Waals surface area (Å²) in [5.41, 5.74) is 0.596. The summed E-state index contributed by atoms with van der Waals surface area (Å²) in [5.74, 6) is -0.608. The van der Waals surface area contributed by atoms with Crippen LogP contribution in [-0.4, -0.2) is 5.78 Å². The molecule has 1 unspecified atom stereocenters. The van der Waals surface area contributed by atoms with Gasteiger partial charge in [0.1, 0.15) is 18.0 Å². The van der Waals surface area contributed by atoms with Crippen LogP contribution in [0.5, 0.6) is 0 Å². The van der Waals surface area contributed by atoms with E-state index in [2.05, 4.69) is 0 Å². The largest absolute Gasteiger partial charge is 0.493 e. The number of nitriles is 1. The van der Waals surface area contributed by atoms with E-state index in [4.69, 9.17) is 10.00 Å².